The van der Waals surface area contributed by atoms with Crippen molar-refractivity contribution in [3.05, 3.63) is 24.3 Å². The average Bonchev–Trinajstić information content (AvgIpc) is 3.02. The molecule has 6 atom stereocenters. The van der Waals surface area contributed by atoms with Gasteiger partial charge in [0.25, 0.3) is 0 Å². The fraction of sp³-hybridized carbons (Fsp3) is 0.857. The summed E-state index contributed by atoms with van der Waals surface area (Å²) in [6, 6.07) is 0. The minimum Gasteiger partial charge on any atom is -0.465 e. The van der Waals surface area contributed by atoms with Crippen LogP contribution in [0.5, 0.6) is 0 Å². The molecule has 0 aromatic rings. The number of carbonyl (C=O) groups excluding carboxylic acids is 2. The summed E-state index contributed by atoms with van der Waals surface area (Å²) < 4.78 is 12.0. The number of aliphatic hydroxyl groups is 1. The molecule has 0 bridgehead atoms. The highest BCUT2D eigenvalue weighted by molar-refractivity contribution is 5.69. The molecule has 0 saturated heterocycles. The standard InChI is InChI=1S/C42H74O5/c1-8-10-11-12-13-14-15-16-17-18-19-20-21-22-23-24-25-26-39(44)46-33-40(5)31-30-38(47-35(4)43)42(7)36(40)29-32-41(6,45)37(42)28-27-34(3)9-2/h9,27,36-38,45H,2,8,10-26,28-33H2,1,3-7H3/b34-27+/t36-,37+,38+,40-,41+,42-/m0/s1. The van der Waals surface area contributed by atoms with Crippen LogP contribution in [-0.4, -0.2) is 35.4 Å². The Balaban J connectivity index is 1.73. The van der Waals surface area contributed by atoms with E-state index in [2.05, 4.69) is 33.4 Å². The first-order valence-corrected chi connectivity index (χ1v) is 19.7. The van der Waals surface area contributed by atoms with Gasteiger partial charge < -0.3 is 14.6 Å². The molecule has 2 fully saturated rings. The summed E-state index contributed by atoms with van der Waals surface area (Å²) >= 11 is 0. The second-order valence-electron chi connectivity index (χ2n) is 16.1. The number of fused-ring (bicyclic) bond motifs is 1. The molecule has 272 valence electrons. The zero-order valence-corrected chi connectivity index (χ0v) is 31.6. The van der Waals surface area contributed by atoms with Crippen molar-refractivity contribution in [3.8, 4) is 0 Å². The van der Waals surface area contributed by atoms with Gasteiger partial charge in [0.05, 0.1) is 12.2 Å². The number of rotatable bonds is 24. The molecule has 5 heteroatoms. The van der Waals surface area contributed by atoms with E-state index < -0.39 is 11.0 Å². The van der Waals surface area contributed by atoms with Crippen LogP contribution in [-0.2, 0) is 19.1 Å². The molecule has 0 aromatic heterocycles. The minimum absolute atomic E-state index is 0.0973. The van der Waals surface area contributed by atoms with Crippen molar-refractivity contribution in [1.82, 2.24) is 0 Å². The normalized spacial score (nSPS) is 29.3. The third-order valence-corrected chi connectivity index (χ3v) is 12.1. The van der Waals surface area contributed by atoms with Crippen molar-refractivity contribution in [2.45, 2.75) is 201 Å². The molecule has 2 saturated carbocycles. The lowest BCUT2D eigenvalue weighted by Crippen LogP contribution is -2.64. The smallest absolute Gasteiger partial charge is 0.305 e. The van der Waals surface area contributed by atoms with E-state index >= 15 is 0 Å². The fourth-order valence-electron chi connectivity index (χ4n) is 9.09. The highest BCUT2D eigenvalue weighted by Crippen LogP contribution is 2.63. The lowest BCUT2D eigenvalue weighted by atomic mass is 9.44. The van der Waals surface area contributed by atoms with Gasteiger partial charge in [-0.3, -0.25) is 9.59 Å². The molecule has 47 heavy (non-hydrogen) atoms. The van der Waals surface area contributed by atoms with Crippen LogP contribution in [0.2, 0.25) is 0 Å². The predicted molar refractivity (Wildman–Crippen MR) is 196 cm³/mol. The van der Waals surface area contributed by atoms with Crippen molar-refractivity contribution >= 4 is 11.9 Å². The first-order valence-electron chi connectivity index (χ1n) is 19.7. The van der Waals surface area contributed by atoms with E-state index in [0.717, 1.165) is 31.3 Å². The number of hydrogen-bond donors (Lipinski definition) is 1. The van der Waals surface area contributed by atoms with E-state index in [-0.39, 0.29) is 35.3 Å². The summed E-state index contributed by atoms with van der Waals surface area (Å²) in [5, 5.41) is 11.7. The quantitative estimate of drug-likeness (QED) is 0.0634. The Hall–Kier alpha value is -1.62. The number of unbranched alkanes of at least 4 members (excludes halogenated alkanes) is 16. The van der Waals surface area contributed by atoms with E-state index in [9.17, 15) is 14.7 Å². The predicted octanol–water partition coefficient (Wildman–Crippen LogP) is 11.6. The van der Waals surface area contributed by atoms with Gasteiger partial charge in [-0.15, -0.1) is 0 Å². The first kappa shape index (κ1) is 41.6. The third kappa shape index (κ3) is 13.7. The highest BCUT2D eigenvalue weighted by atomic mass is 16.5. The van der Waals surface area contributed by atoms with Gasteiger partial charge in [0.1, 0.15) is 6.10 Å². The fourth-order valence-corrected chi connectivity index (χ4v) is 9.09. The third-order valence-electron chi connectivity index (χ3n) is 12.1. The Morgan fingerprint density at radius 2 is 1.30 bits per heavy atom. The van der Waals surface area contributed by atoms with Gasteiger partial charge >= 0.3 is 11.9 Å². The van der Waals surface area contributed by atoms with Crippen molar-refractivity contribution in [3.63, 3.8) is 0 Å². The van der Waals surface area contributed by atoms with Crippen LogP contribution < -0.4 is 0 Å². The molecule has 0 aliphatic heterocycles. The van der Waals surface area contributed by atoms with E-state index in [1.165, 1.54) is 103 Å². The molecule has 2 aliphatic rings. The SMILES string of the molecule is C=C/C(C)=C/C[C@H]1[C@@]2(C)[C@H](OC(C)=O)CC[C@@](C)(COC(=O)CCCCCCCCCCCCCCCCCCC)[C@@H]2CC[C@@]1(C)O. The van der Waals surface area contributed by atoms with Crippen LogP contribution in [0.25, 0.3) is 0 Å². The zero-order chi connectivity index (χ0) is 34.8. The number of esters is 2. The molecule has 0 amide bonds. The maximum atomic E-state index is 12.9. The van der Waals surface area contributed by atoms with Crippen molar-refractivity contribution in [1.29, 1.82) is 0 Å². The maximum absolute atomic E-state index is 12.9. The lowest BCUT2D eigenvalue weighted by molar-refractivity contribution is -0.230. The summed E-state index contributed by atoms with van der Waals surface area (Å²) in [7, 11) is 0. The number of carbonyl (C=O) groups is 2. The monoisotopic (exact) mass is 659 g/mol. The van der Waals surface area contributed by atoms with Crippen LogP contribution in [0.1, 0.15) is 189 Å². The van der Waals surface area contributed by atoms with Gasteiger partial charge in [0, 0.05) is 24.2 Å². The van der Waals surface area contributed by atoms with Gasteiger partial charge in [0.15, 0.2) is 0 Å². The molecule has 0 unspecified atom stereocenters. The largest absolute Gasteiger partial charge is 0.465 e. The molecular weight excluding hydrogens is 584 g/mol. The highest BCUT2D eigenvalue weighted by Gasteiger charge is 2.63. The summed E-state index contributed by atoms with van der Waals surface area (Å²) in [6.45, 7) is 16.4. The topological polar surface area (TPSA) is 72.8 Å². The molecule has 5 nitrogen and oxygen atoms in total. The van der Waals surface area contributed by atoms with Gasteiger partial charge in [-0.05, 0) is 64.2 Å². The molecule has 0 heterocycles. The van der Waals surface area contributed by atoms with Crippen LogP contribution in [0.15, 0.2) is 24.3 Å². The van der Waals surface area contributed by atoms with Crippen LogP contribution >= 0.6 is 0 Å². The Kier molecular flexibility index (Phi) is 19.0. The second kappa shape index (κ2) is 21.5. The van der Waals surface area contributed by atoms with Crippen molar-refractivity contribution < 1.29 is 24.2 Å². The summed E-state index contributed by atoms with van der Waals surface area (Å²) in [5.41, 5.74) is -0.490. The van der Waals surface area contributed by atoms with Gasteiger partial charge in [-0.25, -0.2) is 0 Å². The lowest BCUT2D eigenvalue weighted by Gasteiger charge is -2.63. The second-order valence-corrected chi connectivity index (χ2v) is 16.1. The van der Waals surface area contributed by atoms with Gasteiger partial charge in [-0.1, -0.05) is 148 Å². The van der Waals surface area contributed by atoms with E-state index in [4.69, 9.17) is 9.47 Å². The number of hydrogen-bond acceptors (Lipinski definition) is 5. The van der Waals surface area contributed by atoms with Crippen LogP contribution in [0.3, 0.4) is 0 Å². The summed E-state index contributed by atoms with van der Waals surface area (Å²) in [5.74, 6) is -0.317. The molecule has 2 rings (SSSR count). The number of allylic oxidation sites excluding steroid dienone is 3. The van der Waals surface area contributed by atoms with E-state index in [1.54, 1.807) is 0 Å². The molecule has 0 aromatic carbocycles. The molecule has 2 aliphatic carbocycles. The maximum Gasteiger partial charge on any atom is 0.305 e. The average molecular weight is 659 g/mol. The number of ether oxygens (including phenoxy) is 2. The van der Waals surface area contributed by atoms with Crippen LogP contribution in [0, 0.1) is 22.7 Å². The molecule has 1 N–H and O–H groups in total. The Labute approximate surface area is 290 Å². The minimum atomic E-state index is -0.885. The van der Waals surface area contributed by atoms with E-state index in [1.807, 2.05) is 19.9 Å². The molecule has 0 spiro atoms. The first-order chi connectivity index (χ1) is 22.4. The summed E-state index contributed by atoms with van der Waals surface area (Å²) in [6.07, 6.45) is 30.4. The Bertz CT molecular complexity index is 953. The van der Waals surface area contributed by atoms with E-state index in [0.29, 0.717) is 32.3 Å². The van der Waals surface area contributed by atoms with Gasteiger partial charge in [0.2, 0.25) is 0 Å². The molecule has 0 radical (unpaired) electrons. The van der Waals surface area contributed by atoms with Crippen molar-refractivity contribution in [2.24, 2.45) is 22.7 Å². The van der Waals surface area contributed by atoms with Crippen molar-refractivity contribution in [2.75, 3.05) is 6.61 Å². The zero-order valence-electron chi connectivity index (χ0n) is 31.6. The summed E-state index contributed by atoms with van der Waals surface area (Å²) in [4.78, 5) is 25.1. The Morgan fingerprint density at radius 1 is 0.787 bits per heavy atom. The molecular formula is C42H74O5. The van der Waals surface area contributed by atoms with Gasteiger partial charge in [-0.2, -0.15) is 0 Å². The Morgan fingerprint density at radius 3 is 1.79 bits per heavy atom. The van der Waals surface area contributed by atoms with Crippen LogP contribution in [0.4, 0.5) is 0 Å².